The van der Waals surface area contributed by atoms with E-state index in [9.17, 15) is 9.90 Å². The lowest BCUT2D eigenvalue weighted by molar-refractivity contribution is -0.143. The molecule has 0 aromatic heterocycles. The number of benzene rings is 1. The predicted octanol–water partition coefficient (Wildman–Crippen LogP) is 2.67. The fourth-order valence-electron chi connectivity index (χ4n) is 2.42. The molecule has 3 nitrogen and oxygen atoms in total. The molecule has 1 aromatic rings. The van der Waals surface area contributed by atoms with Crippen LogP contribution in [-0.4, -0.2) is 28.6 Å². The van der Waals surface area contributed by atoms with Crippen LogP contribution in [0.5, 0.6) is 0 Å². The van der Waals surface area contributed by atoms with Gasteiger partial charge in [0.05, 0.1) is 0 Å². The number of carboxylic acid groups (broad SMARTS) is 1. The molecule has 4 heteroatoms. The number of hydrogen-bond acceptors (Lipinski definition) is 2. The fourth-order valence-corrected chi connectivity index (χ4v) is 2.95. The molecular formula is C13H16BrNO2. The first kappa shape index (κ1) is 12.6. The summed E-state index contributed by atoms with van der Waals surface area (Å²) in [7, 11) is 0. The third kappa shape index (κ3) is 2.53. The van der Waals surface area contributed by atoms with Crippen molar-refractivity contribution in [2.45, 2.75) is 32.4 Å². The van der Waals surface area contributed by atoms with E-state index >= 15 is 0 Å². The quantitative estimate of drug-likeness (QED) is 0.932. The van der Waals surface area contributed by atoms with Crippen molar-refractivity contribution in [3.8, 4) is 0 Å². The number of halogens is 1. The molecule has 0 spiro atoms. The zero-order valence-corrected chi connectivity index (χ0v) is 11.4. The molecule has 1 heterocycles. The minimum atomic E-state index is -0.719. The first-order chi connectivity index (χ1) is 8.13. The van der Waals surface area contributed by atoms with Crippen LogP contribution in [0.25, 0.3) is 0 Å². The Balaban J connectivity index is 2.23. The van der Waals surface area contributed by atoms with Crippen LogP contribution in [0.2, 0.25) is 0 Å². The second kappa shape index (κ2) is 5.19. The summed E-state index contributed by atoms with van der Waals surface area (Å²) in [5.41, 5.74) is 2.56. The van der Waals surface area contributed by atoms with Gasteiger partial charge in [0.2, 0.25) is 0 Å². The van der Waals surface area contributed by atoms with E-state index in [2.05, 4.69) is 26.9 Å². The van der Waals surface area contributed by atoms with Crippen molar-refractivity contribution in [3.05, 3.63) is 33.8 Å². The minimum Gasteiger partial charge on any atom is -0.480 e. The van der Waals surface area contributed by atoms with Crippen LogP contribution >= 0.6 is 15.9 Å². The Hall–Kier alpha value is -0.870. The zero-order valence-electron chi connectivity index (χ0n) is 9.82. The highest BCUT2D eigenvalue weighted by Crippen LogP contribution is 2.27. The number of nitrogens with zero attached hydrogens (tertiary/aromatic N) is 1. The second-order valence-electron chi connectivity index (χ2n) is 4.36. The molecule has 0 fully saturated rings. The highest BCUT2D eigenvalue weighted by atomic mass is 79.9. The van der Waals surface area contributed by atoms with E-state index < -0.39 is 5.97 Å². The lowest BCUT2D eigenvalue weighted by Crippen LogP contribution is -2.43. The standard InChI is InChI=1S/C13H16BrNO2/c1-2-12(13(16)17)15-7-6-9-4-3-5-11(14)10(9)8-15/h3-5,12H,2,6-8H2,1H3,(H,16,17). The van der Waals surface area contributed by atoms with Gasteiger partial charge in [-0.3, -0.25) is 9.69 Å². The zero-order chi connectivity index (χ0) is 12.4. The molecule has 0 saturated carbocycles. The van der Waals surface area contributed by atoms with E-state index in [0.717, 1.165) is 24.0 Å². The fraction of sp³-hybridized carbons (Fsp3) is 0.462. The number of aliphatic carboxylic acids is 1. The van der Waals surface area contributed by atoms with E-state index in [1.54, 1.807) is 0 Å². The van der Waals surface area contributed by atoms with Crippen molar-refractivity contribution < 1.29 is 9.90 Å². The average molecular weight is 298 g/mol. The van der Waals surface area contributed by atoms with Gasteiger partial charge in [0.1, 0.15) is 6.04 Å². The number of fused-ring (bicyclic) bond motifs is 1. The molecule has 1 aliphatic rings. The first-order valence-corrected chi connectivity index (χ1v) is 6.66. The van der Waals surface area contributed by atoms with Gasteiger partial charge in [0.25, 0.3) is 0 Å². The molecule has 1 aliphatic heterocycles. The summed E-state index contributed by atoms with van der Waals surface area (Å²) in [4.78, 5) is 13.2. The highest BCUT2D eigenvalue weighted by molar-refractivity contribution is 9.10. The Morgan fingerprint density at radius 1 is 1.59 bits per heavy atom. The van der Waals surface area contributed by atoms with E-state index in [0.29, 0.717) is 6.42 Å². The summed E-state index contributed by atoms with van der Waals surface area (Å²) in [6.45, 7) is 3.48. The van der Waals surface area contributed by atoms with Gasteiger partial charge in [0.15, 0.2) is 0 Å². The monoisotopic (exact) mass is 297 g/mol. The maximum atomic E-state index is 11.2. The Morgan fingerprint density at radius 2 is 2.35 bits per heavy atom. The Morgan fingerprint density at radius 3 is 3.00 bits per heavy atom. The molecule has 0 bridgehead atoms. The molecule has 1 aromatic carbocycles. The normalized spacial score (nSPS) is 17.5. The van der Waals surface area contributed by atoms with E-state index in [1.165, 1.54) is 11.1 Å². The molecule has 2 rings (SSSR count). The van der Waals surface area contributed by atoms with Gasteiger partial charge >= 0.3 is 5.97 Å². The van der Waals surface area contributed by atoms with Crippen molar-refractivity contribution in [2.24, 2.45) is 0 Å². The Bertz CT molecular complexity index is 433. The van der Waals surface area contributed by atoms with Crippen LogP contribution in [0.1, 0.15) is 24.5 Å². The average Bonchev–Trinajstić information content (AvgIpc) is 2.30. The summed E-state index contributed by atoms with van der Waals surface area (Å²) in [6.07, 6.45) is 1.58. The molecule has 0 radical (unpaired) electrons. The van der Waals surface area contributed by atoms with Crippen LogP contribution in [0.15, 0.2) is 22.7 Å². The maximum absolute atomic E-state index is 11.2. The van der Waals surface area contributed by atoms with Gasteiger partial charge in [-0.25, -0.2) is 0 Å². The van der Waals surface area contributed by atoms with Crippen molar-refractivity contribution in [1.82, 2.24) is 4.90 Å². The van der Waals surface area contributed by atoms with E-state index in [1.807, 2.05) is 19.1 Å². The molecule has 0 aliphatic carbocycles. The summed E-state index contributed by atoms with van der Waals surface area (Å²) in [6, 6.07) is 5.81. The van der Waals surface area contributed by atoms with E-state index in [-0.39, 0.29) is 6.04 Å². The summed E-state index contributed by atoms with van der Waals surface area (Å²) in [5, 5.41) is 9.19. The second-order valence-corrected chi connectivity index (χ2v) is 5.21. The van der Waals surface area contributed by atoms with Gasteiger partial charge in [-0.15, -0.1) is 0 Å². The van der Waals surface area contributed by atoms with Crippen LogP contribution in [-0.2, 0) is 17.8 Å². The smallest absolute Gasteiger partial charge is 0.320 e. The summed E-state index contributed by atoms with van der Waals surface area (Å²) >= 11 is 3.54. The van der Waals surface area contributed by atoms with Crippen LogP contribution < -0.4 is 0 Å². The number of carbonyl (C=O) groups is 1. The van der Waals surface area contributed by atoms with Crippen LogP contribution in [0, 0.1) is 0 Å². The topological polar surface area (TPSA) is 40.5 Å². The molecule has 1 atom stereocenters. The minimum absolute atomic E-state index is 0.366. The van der Waals surface area contributed by atoms with Crippen molar-refractivity contribution in [1.29, 1.82) is 0 Å². The molecular weight excluding hydrogens is 282 g/mol. The first-order valence-electron chi connectivity index (χ1n) is 5.86. The largest absolute Gasteiger partial charge is 0.480 e. The van der Waals surface area contributed by atoms with E-state index in [4.69, 9.17) is 0 Å². The third-order valence-corrected chi connectivity index (χ3v) is 4.10. The summed E-state index contributed by atoms with van der Waals surface area (Å²) < 4.78 is 1.08. The van der Waals surface area contributed by atoms with Crippen LogP contribution in [0.4, 0.5) is 0 Å². The molecule has 0 amide bonds. The highest BCUT2D eigenvalue weighted by Gasteiger charge is 2.27. The molecule has 92 valence electrons. The number of rotatable bonds is 3. The van der Waals surface area contributed by atoms with Crippen molar-refractivity contribution in [3.63, 3.8) is 0 Å². The predicted molar refractivity (Wildman–Crippen MR) is 70.0 cm³/mol. The SMILES string of the molecule is CCC(C(=O)O)N1CCc2cccc(Br)c2C1. The lowest BCUT2D eigenvalue weighted by atomic mass is 9.98. The number of carboxylic acids is 1. The van der Waals surface area contributed by atoms with Crippen LogP contribution in [0.3, 0.4) is 0 Å². The molecule has 1 unspecified atom stereocenters. The van der Waals surface area contributed by atoms with Gasteiger partial charge in [-0.2, -0.15) is 0 Å². The molecule has 17 heavy (non-hydrogen) atoms. The Labute approximate surface area is 110 Å². The summed E-state index contributed by atoms with van der Waals surface area (Å²) in [5.74, 6) is -0.719. The maximum Gasteiger partial charge on any atom is 0.320 e. The van der Waals surface area contributed by atoms with Gasteiger partial charge in [0, 0.05) is 17.6 Å². The third-order valence-electron chi connectivity index (χ3n) is 3.36. The van der Waals surface area contributed by atoms with Crippen molar-refractivity contribution in [2.75, 3.05) is 6.54 Å². The van der Waals surface area contributed by atoms with Gasteiger partial charge < -0.3 is 5.11 Å². The van der Waals surface area contributed by atoms with Gasteiger partial charge in [-0.05, 0) is 30.0 Å². The van der Waals surface area contributed by atoms with Crippen molar-refractivity contribution >= 4 is 21.9 Å². The molecule has 1 N–H and O–H groups in total. The molecule has 0 saturated heterocycles. The number of hydrogen-bond donors (Lipinski definition) is 1. The lowest BCUT2D eigenvalue weighted by Gasteiger charge is -2.33. The Kier molecular flexibility index (Phi) is 3.84. The van der Waals surface area contributed by atoms with Gasteiger partial charge in [-0.1, -0.05) is 35.0 Å².